The number of allylic oxidation sites excluding steroid dienone is 2. The Morgan fingerprint density at radius 1 is 1.03 bits per heavy atom. The smallest absolute Gasteiger partial charge is 0.337 e. The number of carbonyl (C=O) groups is 2. The highest BCUT2D eigenvalue weighted by Crippen LogP contribution is 2.40. The van der Waals surface area contributed by atoms with Crippen molar-refractivity contribution in [2.45, 2.75) is 77.9 Å². The minimum Gasteiger partial charge on any atom is -0.460 e. The van der Waals surface area contributed by atoms with Crippen molar-refractivity contribution in [3.8, 4) is 0 Å². The predicted octanol–water partition coefficient (Wildman–Crippen LogP) is 4.78. The second-order valence-corrected chi connectivity index (χ2v) is 8.72. The van der Waals surface area contributed by atoms with Gasteiger partial charge in [0.2, 0.25) is 0 Å². The number of rotatable bonds is 5. The van der Waals surface area contributed by atoms with E-state index in [1.54, 1.807) is 27.7 Å². The number of carbonyl (C=O) groups excluding carboxylic acids is 2. The van der Waals surface area contributed by atoms with Crippen LogP contribution in [0.5, 0.6) is 0 Å². The summed E-state index contributed by atoms with van der Waals surface area (Å²) in [5.74, 6) is -1.57. The van der Waals surface area contributed by atoms with E-state index in [0.717, 1.165) is 32.1 Å². The van der Waals surface area contributed by atoms with Gasteiger partial charge in [-0.3, -0.25) is 0 Å². The fraction of sp³-hybridized carbons (Fsp3) is 0.571. The van der Waals surface area contributed by atoms with E-state index in [0.29, 0.717) is 17.0 Å². The van der Waals surface area contributed by atoms with Crippen LogP contribution in [-0.2, 0) is 19.1 Å². The van der Waals surface area contributed by atoms with Gasteiger partial charge in [-0.2, -0.15) is 0 Å². The quantitative estimate of drug-likeness (QED) is 0.620. The van der Waals surface area contributed by atoms with Crippen LogP contribution in [0, 0.1) is 0 Å². The van der Waals surface area contributed by atoms with Gasteiger partial charge in [-0.05, 0) is 53.4 Å². The van der Waals surface area contributed by atoms with Crippen molar-refractivity contribution in [3.63, 3.8) is 0 Å². The maximum Gasteiger partial charge on any atom is 0.337 e. The van der Waals surface area contributed by atoms with Crippen LogP contribution in [0.3, 0.4) is 0 Å². The maximum absolute atomic E-state index is 13.2. The lowest BCUT2D eigenvalue weighted by atomic mass is 9.84. The summed E-state index contributed by atoms with van der Waals surface area (Å²) < 4.78 is 11.3. The third-order valence-corrected chi connectivity index (χ3v) is 5.92. The summed E-state index contributed by atoms with van der Waals surface area (Å²) in [6.07, 6.45) is 4.44. The normalized spacial score (nSPS) is 20.4. The van der Waals surface area contributed by atoms with Crippen LogP contribution in [0.4, 0.5) is 0 Å². The summed E-state index contributed by atoms with van der Waals surface area (Å²) in [7, 11) is 0. The number of imidazole rings is 1. The molecule has 7 nitrogen and oxygen atoms in total. The molecule has 3 rings (SSSR count). The molecule has 2 aliphatic rings. The van der Waals surface area contributed by atoms with E-state index in [2.05, 4.69) is 15.3 Å². The number of aromatic amines is 1. The molecule has 1 unspecified atom stereocenters. The number of nitrogens with one attached hydrogen (secondary N) is 2. The fourth-order valence-corrected chi connectivity index (χ4v) is 4.24. The lowest BCUT2D eigenvalue weighted by molar-refractivity contribution is -0.146. The summed E-state index contributed by atoms with van der Waals surface area (Å²) >= 11 is 12.1. The van der Waals surface area contributed by atoms with Crippen LogP contribution >= 0.6 is 23.2 Å². The summed E-state index contributed by atoms with van der Waals surface area (Å²) in [6, 6.07) is 0. The van der Waals surface area contributed by atoms with E-state index >= 15 is 0 Å². The molecular weight excluding hydrogens is 429 g/mol. The van der Waals surface area contributed by atoms with E-state index in [4.69, 9.17) is 32.7 Å². The number of H-pyrrole nitrogens is 1. The van der Waals surface area contributed by atoms with Gasteiger partial charge in [0.15, 0.2) is 5.15 Å². The first kappa shape index (κ1) is 22.7. The second kappa shape index (κ2) is 9.43. The van der Waals surface area contributed by atoms with Crippen LogP contribution in [-0.4, -0.2) is 34.1 Å². The SMILES string of the molecule is CC1=C(C(=O)OC(C)C)C(c2nc(Cl)c(Cl)[nH]2)C(C(=O)OC2CCCCC2)=C(C)N1. The van der Waals surface area contributed by atoms with Crippen LogP contribution in [0.25, 0.3) is 0 Å². The summed E-state index contributed by atoms with van der Waals surface area (Å²) in [4.78, 5) is 33.4. The number of hydrogen-bond donors (Lipinski definition) is 2. The van der Waals surface area contributed by atoms with Gasteiger partial charge in [-0.15, -0.1) is 0 Å². The highest BCUT2D eigenvalue weighted by atomic mass is 35.5. The number of halogens is 2. The van der Waals surface area contributed by atoms with Crippen molar-refractivity contribution < 1.29 is 19.1 Å². The average Bonchev–Trinajstić information content (AvgIpc) is 2.99. The van der Waals surface area contributed by atoms with Crippen LogP contribution in [0.15, 0.2) is 22.5 Å². The fourth-order valence-electron chi connectivity index (χ4n) is 3.97. The molecule has 1 aliphatic heterocycles. The molecule has 9 heteroatoms. The maximum atomic E-state index is 13.2. The van der Waals surface area contributed by atoms with Crippen molar-refractivity contribution in [1.82, 2.24) is 15.3 Å². The number of dihydropyridines is 1. The summed E-state index contributed by atoms with van der Waals surface area (Å²) in [6.45, 7) is 7.05. The first-order valence-electron chi connectivity index (χ1n) is 10.2. The number of esters is 2. The van der Waals surface area contributed by atoms with Crippen molar-refractivity contribution >= 4 is 35.1 Å². The minimum absolute atomic E-state index is 0.0667. The molecule has 164 valence electrons. The monoisotopic (exact) mass is 455 g/mol. The van der Waals surface area contributed by atoms with Gasteiger partial charge in [0.25, 0.3) is 0 Å². The minimum atomic E-state index is -0.835. The summed E-state index contributed by atoms with van der Waals surface area (Å²) in [5.41, 5.74) is 1.72. The molecule has 1 aromatic rings. The Morgan fingerprint density at radius 3 is 2.17 bits per heavy atom. The molecule has 0 radical (unpaired) electrons. The van der Waals surface area contributed by atoms with Gasteiger partial charge in [0.05, 0.1) is 23.2 Å². The molecule has 2 N–H and O–H groups in total. The Kier molecular flexibility index (Phi) is 7.14. The van der Waals surface area contributed by atoms with Crippen molar-refractivity contribution in [2.24, 2.45) is 0 Å². The number of hydrogen-bond acceptors (Lipinski definition) is 6. The highest BCUT2D eigenvalue weighted by molar-refractivity contribution is 6.40. The van der Waals surface area contributed by atoms with Gasteiger partial charge in [0, 0.05) is 11.4 Å². The van der Waals surface area contributed by atoms with Crippen molar-refractivity contribution in [1.29, 1.82) is 0 Å². The Labute approximate surface area is 186 Å². The molecule has 0 saturated heterocycles. The zero-order valence-corrected chi connectivity index (χ0v) is 19.1. The Hall–Kier alpha value is -1.99. The molecule has 0 amide bonds. The van der Waals surface area contributed by atoms with Gasteiger partial charge in [-0.25, -0.2) is 14.6 Å². The molecule has 1 fully saturated rings. The Morgan fingerprint density at radius 2 is 1.63 bits per heavy atom. The standard InChI is InChI=1S/C21H27Cl2N3O4/c1-10(2)29-20(27)14-11(3)24-12(4)15(16(14)19-25-17(22)18(23)26-19)21(28)30-13-8-6-5-7-9-13/h10,13,16,24H,5-9H2,1-4H3,(H,25,26). The van der Waals surface area contributed by atoms with Crippen molar-refractivity contribution in [2.75, 3.05) is 0 Å². The van der Waals surface area contributed by atoms with E-state index in [1.807, 2.05) is 0 Å². The average molecular weight is 456 g/mol. The molecule has 0 bridgehead atoms. The Balaban J connectivity index is 2.02. The van der Waals surface area contributed by atoms with Gasteiger partial charge < -0.3 is 19.8 Å². The molecule has 0 aromatic carbocycles. The van der Waals surface area contributed by atoms with E-state index in [-0.39, 0.29) is 33.9 Å². The highest BCUT2D eigenvalue weighted by Gasteiger charge is 2.41. The second-order valence-electron chi connectivity index (χ2n) is 7.98. The van der Waals surface area contributed by atoms with Crippen LogP contribution < -0.4 is 5.32 Å². The lowest BCUT2D eigenvalue weighted by Gasteiger charge is -2.31. The molecule has 1 aliphatic carbocycles. The lowest BCUT2D eigenvalue weighted by Crippen LogP contribution is -2.34. The molecule has 1 atom stereocenters. The van der Waals surface area contributed by atoms with E-state index < -0.39 is 17.9 Å². The van der Waals surface area contributed by atoms with Crippen LogP contribution in [0.1, 0.15) is 71.5 Å². The van der Waals surface area contributed by atoms with Gasteiger partial charge in [-0.1, -0.05) is 29.6 Å². The largest absolute Gasteiger partial charge is 0.460 e. The molecule has 2 heterocycles. The third-order valence-electron chi connectivity index (χ3n) is 5.28. The molecule has 1 saturated carbocycles. The first-order chi connectivity index (χ1) is 14.2. The van der Waals surface area contributed by atoms with E-state index in [1.165, 1.54) is 0 Å². The van der Waals surface area contributed by atoms with Gasteiger partial charge >= 0.3 is 11.9 Å². The zero-order valence-electron chi connectivity index (χ0n) is 17.6. The zero-order chi connectivity index (χ0) is 22.0. The number of aromatic nitrogens is 2. The molecular formula is C21H27Cl2N3O4. The van der Waals surface area contributed by atoms with Gasteiger partial charge in [0.1, 0.15) is 17.1 Å². The third kappa shape index (κ3) is 4.83. The molecule has 0 spiro atoms. The predicted molar refractivity (Wildman–Crippen MR) is 114 cm³/mol. The Bertz CT molecular complexity index is 879. The molecule has 1 aromatic heterocycles. The molecule has 30 heavy (non-hydrogen) atoms. The first-order valence-corrected chi connectivity index (χ1v) is 11.0. The number of ether oxygens (including phenoxy) is 2. The van der Waals surface area contributed by atoms with Crippen LogP contribution in [0.2, 0.25) is 10.3 Å². The van der Waals surface area contributed by atoms with Crippen molar-refractivity contribution in [3.05, 3.63) is 38.7 Å². The summed E-state index contributed by atoms with van der Waals surface area (Å²) in [5, 5.41) is 3.33. The van der Waals surface area contributed by atoms with E-state index in [9.17, 15) is 9.59 Å². The topological polar surface area (TPSA) is 93.3 Å². The number of nitrogens with zero attached hydrogens (tertiary/aromatic N) is 1.